The molecule has 0 saturated carbocycles. The topological polar surface area (TPSA) is 46.6 Å². The molecule has 5 nitrogen and oxygen atoms in total. The van der Waals surface area contributed by atoms with E-state index in [9.17, 15) is 0 Å². The van der Waals surface area contributed by atoms with E-state index in [1.807, 2.05) is 0 Å². The van der Waals surface area contributed by atoms with Gasteiger partial charge in [0, 0.05) is 32.8 Å². The van der Waals surface area contributed by atoms with Crippen LogP contribution >= 0.6 is 0 Å². The molecule has 266 valence electrons. The summed E-state index contributed by atoms with van der Waals surface area (Å²) in [4.78, 5) is 10.7. The Morgan fingerprint density at radius 3 is 1.80 bits per heavy atom. The third-order valence-electron chi connectivity index (χ3n) is 11.2. The van der Waals surface area contributed by atoms with E-state index >= 15 is 0 Å². The van der Waals surface area contributed by atoms with Gasteiger partial charge in [0.1, 0.15) is 11.7 Å². The number of hydrogen-bond acceptors (Lipinski definition) is 3. The number of aromatic nitrogens is 2. The number of allylic oxidation sites excluding steroid dienone is 3. The molecule has 0 bridgehead atoms. The van der Waals surface area contributed by atoms with Crippen LogP contribution in [0.4, 0.5) is 0 Å². The number of hydrogen-bond donors (Lipinski definition) is 1. The zero-order chi connectivity index (χ0) is 37.0. The summed E-state index contributed by atoms with van der Waals surface area (Å²) in [5.41, 5.74) is 12.7. The van der Waals surface area contributed by atoms with Gasteiger partial charge >= 0.3 is 0 Å². The highest BCUT2D eigenvalue weighted by Crippen LogP contribution is 2.39. The highest BCUT2D eigenvalue weighted by molar-refractivity contribution is 6.17. The molecule has 11 rings (SSSR count). The Labute approximate surface area is 324 Å². The maximum absolute atomic E-state index is 5.38. The lowest BCUT2D eigenvalue weighted by molar-refractivity contribution is 0.574. The number of nitrogens with zero attached hydrogens (tertiary/aromatic N) is 4. The smallest absolute Gasteiger partial charge is 0.224 e. The van der Waals surface area contributed by atoms with Gasteiger partial charge in [-0.2, -0.15) is 0 Å². The molecule has 0 amide bonds. The van der Waals surface area contributed by atoms with E-state index < -0.39 is 6.29 Å². The van der Waals surface area contributed by atoms with Gasteiger partial charge in [0.25, 0.3) is 0 Å². The molecule has 2 aliphatic rings. The Bertz CT molecular complexity index is 3100. The fraction of sp³-hybridized carbons (Fsp3) is 0.0588. The molecular weight excluding hydrogens is 683 g/mol. The molecule has 3 heterocycles. The average Bonchev–Trinajstić information content (AvgIpc) is 3.79. The molecule has 0 spiro atoms. The van der Waals surface area contributed by atoms with Crippen molar-refractivity contribution >= 4 is 55.3 Å². The average molecular weight is 720 g/mol. The van der Waals surface area contributed by atoms with Gasteiger partial charge < -0.3 is 9.88 Å². The molecule has 1 aliphatic heterocycles. The zero-order valence-electron chi connectivity index (χ0n) is 30.7. The summed E-state index contributed by atoms with van der Waals surface area (Å²) in [6.07, 6.45) is 7.95. The van der Waals surface area contributed by atoms with Gasteiger partial charge in [-0.15, -0.1) is 0 Å². The minimum Gasteiger partial charge on any atom is -0.325 e. The van der Waals surface area contributed by atoms with Crippen molar-refractivity contribution in [3.05, 3.63) is 199 Å². The Kier molecular flexibility index (Phi) is 7.62. The van der Waals surface area contributed by atoms with Gasteiger partial charge in [-0.3, -0.25) is 4.57 Å². The number of aliphatic imine (C=N–C) groups is 2. The first-order chi connectivity index (χ1) is 27.8. The highest BCUT2D eigenvalue weighted by Gasteiger charge is 2.25. The van der Waals surface area contributed by atoms with E-state index in [2.05, 4.69) is 203 Å². The second-order valence-electron chi connectivity index (χ2n) is 14.6. The van der Waals surface area contributed by atoms with Crippen LogP contribution in [0.25, 0.3) is 71.6 Å². The van der Waals surface area contributed by atoms with Crippen LogP contribution in [0.3, 0.4) is 0 Å². The molecule has 1 atom stereocenters. The Morgan fingerprint density at radius 1 is 0.464 bits per heavy atom. The van der Waals surface area contributed by atoms with Gasteiger partial charge in [-0.1, -0.05) is 133 Å². The van der Waals surface area contributed by atoms with Crippen LogP contribution in [-0.4, -0.2) is 20.8 Å². The molecule has 1 unspecified atom stereocenters. The Balaban J connectivity index is 1.06. The van der Waals surface area contributed by atoms with Crippen LogP contribution in [0.1, 0.15) is 24.7 Å². The minimum absolute atomic E-state index is 0.498. The molecule has 0 saturated heterocycles. The predicted octanol–water partition coefficient (Wildman–Crippen LogP) is 12.4. The quantitative estimate of drug-likeness (QED) is 0.183. The maximum Gasteiger partial charge on any atom is 0.224 e. The van der Waals surface area contributed by atoms with E-state index in [-0.39, 0.29) is 0 Å². The second-order valence-corrected chi connectivity index (χ2v) is 14.6. The number of nitrogens with one attached hydrogen (secondary N) is 1. The van der Waals surface area contributed by atoms with Crippen molar-refractivity contribution in [3.8, 4) is 27.9 Å². The van der Waals surface area contributed by atoms with Crippen molar-refractivity contribution in [2.45, 2.75) is 19.1 Å². The summed E-state index contributed by atoms with van der Waals surface area (Å²) in [5, 5.41) is 8.52. The third kappa shape index (κ3) is 5.39. The molecular formula is C51H37N5. The Hall–Kier alpha value is -7.24. The number of amidine groups is 2. The Morgan fingerprint density at radius 2 is 1.04 bits per heavy atom. The van der Waals surface area contributed by atoms with E-state index in [1.54, 1.807) is 0 Å². The molecule has 0 radical (unpaired) electrons. The largest absolute Gasteiger partial charge is 0.325 e. The first-order valence-electron chi connectivity index (χ1n) is 19.3. The van der Waals surface area contributed by atoms with E-state index in [0.717, 1.165) is 52.4 Å². The second kappa shape index (κ2) is 13.3. The minimum atomic E-state index is -0.498. The van der Waals surface area contributed by atoms with Crippen molar-refractivity contribution in [2.24, 2.45) is 9.98 Å². The fourth-order valence-electron chi connectivity index (χ4n) is 8.58. The van der Waals surface area contributed by atoms with Crippen molar-refractivity contribution in [1.29, 1.82) is 0 Å². The SMILES string of the molecule is C1=CCCC(C2=NC(n3c4ccccc4c4cc(-c5ccc6c(c5)c5ccccc5n6-c5ccccc5)ccc43)N=C(c3cccc(-c4ccccc4)c3)N2)=C1. The normalized spacial score (nSPS) is 15.6. The summed E-state index contributed by atoms with van der Waals surface area (Å²) in [6.45, 7) is 0. The standard InChI is InChI=1S/C51H37N5/c1-4-15-34(16-5-1)36-19-14-20-39(31-36)50-52-49(35-17-6-2-7-18-35)53-51(54-50)56-46-26-13-11-24-42(46)44-33-38(28-30-48(44)56)37-27-29-47-43(32-37)41-23-10-12-25-45(41)55(47)40-21-8-3-9-22-40/h1-6,8-17,19-33,51H,7,18H2,(H,52,53,54). The maximum atomic E-state index is 5.38. The van der Waals surface area contributed by atoms with Gasteiger partial charge in [0.15, 0.2) is 0 Å². The van der Waals surface area contributed by atoms with Crippen LogP contribution < -0.4 is 5.32 Å². The lowest BCUT2D eigenvalue weighted by Crippen LogP contribution is -2.37. The molecule has 9 aromatic rings. The molecule has 0 fully saturated rings. The van der Waals surface area contributed by atoms with Gasteiger partial charge in [-0.25, -0.2) is 9.98 Å². The summed E-state index contributed by atoms with van der Waals surface area (Å²) in [5.74, 6) is 1.69. The van der Waals surface area contributed by atoms with Crippen LogP contribution in [0.2, 0.25) is 0 Å². The van der Waals surface area contributed by atoms with Crippen LogP contribution in [0.15, 0.2) is 204 Å². The molecule has 2 aromatic heterocycles. The molecule has 1 aliphatic carbocycles. The molecule has 1 N–H and O–H groups in total. The van der Waals surface area contributed by atoms with Gasteiger partial charge in [0.2, 0.25) is 6.29 Å². The van der Waals surface area contributed by atoms with Gasteiger partial charge in [0.05, 0.1) is 22.1 Å². The van der Waals surface area contributed by atoms with Crippen LogP contribution in [0, 0.1) is 0 Å². The van der Waals surface area contributed by atoms with Crippen LogP contribution in [0.5, 0.6) is 0 Å². The van der Waals surface area contributed by atoms with Crippen molar-refractivity contribution in [1.82, 2.24) is 14.5 Å². The van der Waals surface area contributed by atoms with E-state index in [1.165, 1.54) is 54.8 Å². The van der Waals surface area contributed by atoms with Crippen molar-refractivity contribution in [2.75, 3.05) is 0 Å². The number of benzene rings is 7. The highest BCUT2D eigenvalue weighted by atomic mass is 15.3. The number of rotatable bonds is 6. The molecule has 5 heteroatoms. The monoisotopic (exact) mass is 719 g/mol. The summed E-state index contributed by atoms with van der Waals surface area (Å²) in [6, 6.07) is 60.9. The van der Waals surface area contributed by atoms with Gasteiger partial charge in [-0.05, 0) is 95.3 Å². The first-order valence-corrected chi connectivity index (χ1v) is 19.3. The first kappa shape index (κ1) is 32.2. The lowest BCUT2D eigenvalue weighted by Gasteiger charge is -2.25. The summed E-state index contributed by atoms with van der Waals surface area (Å²) in [7, 11) is 0. The predicted molar refractivity (Wildman–Crippen MR) is 234 cm³/mol. The summed E-state index contributed by atoms with van der Waals surface area (Å²) < 4.78 is 4.68. The van der Waals surface area contributed by atoms with Crippen LogP contribution in [-0.2, 0) is 0 Å². The van der Waals surface area contributed by atoms with E-state index in [0.29, 0.717) is 0 Å². The zero-order valence-corrected chi connectivity index (χ0v) is 30.7. The van der Waals surface area contributed by atoms with E-state index in [4.69, 9.17) is 9.98 Å². The summed E-state index contributed by atoms with van der Waals surface area (Å²) >= 11 is 0. The lowest BCUT2D eigenvalue weighted by atomic mass is 10.0. The van der Waals surface area contributed by atoms with Crippen molar-refractivity contribution in [3.63, 3.8) is 0 Å². The number of para-hydroxylation sites is 3. The number of fused-ring (bicyclic) bond motifs is 6. The molecule has 56 heavy (non-hydrogen) atoms. The fourth-order valence-corrected chi connectivity index (χ4v) is 8.58. The van der Waals surface area contributed by atoms with Crippen molar-refractivity contribution < 1.29 is 0 Å². The third-order valence-corrected chi connectivity index (χ3v) is 11.2. The molecule has 7 aromatic carbocycles.